The van der Waals surface area contributed by atoms with Crippen LogP contribution < -0.4 is 5.73 Å². The van der Waals surface area contributed by atoms with Crippen molar-refractivity contribution in [1.82, 2.24) is 4.98 Å². The summed E-state index contributed by atoms with van der Waals surface area (Å²) < 4.78 is 0. The molecule has 1 aromatic rings. The van der Waals surface area contributed by atoms with E-state index >= 15 is 0 Å². The number of nitrogens with zero attached hydrogens (tertiary/aromatic N) is 1. The van der Waals surface area contributed by atoms with Gasteiger partial charge in [0.2, 0.25) is 0 Å². The van der Waals surface area contributed by atoms with Gasteiger partial charge in [-0.3, -0.25) is 4.98 Å². The third-order valence-corrected chi connectivity index (χ3v) is 4.68. The molecule has 2 N–H and O–H groups in total. The van der Waals surface area contributed by atoms with Gasteiger partial charge in [-0.1, -0.05) is 25.2 Å². The zero-order chi connectivity index (χ0) is 12.3. The second kappa shape index (κ2) is 3.47. The first-order valence-electron chi connectivity index (χ1n) is 6.91. The fourth-order valence-electron chi connectivity index (χ4n) is 3.52. The molecule has 2 nitrogen and oxygen atoms in total. The summed E-state index contributed by atoms with van der Waals surface area (Å²) in [5.74, 6) is 2.02. The molecule has 0 saturated heterocycles. The molecule has 18 heavy (non-hydrogen) atoms. The topological polar surface area (TPSA) is 38.9 Å². The molecule has 92 valence electrons. The molecule has 1 heterocycles. The minimum Gasteiger partial charge on any atom is -0.398 e. The molecular formula is C16H18N2. The highest BCUT2D eigenvalue weighted by Crippen LogP contribution is 2.51. The Kier molecular flexibility index (Phi) is 2.00. The van der Waals surface area contributed by atoms with Gasteiger partial charge in [0.15, 0.2) is 0 Å². The zero-order valence-electron chi connectivity index (χ0n) is 10.7. The molecule has 0 radical (unpaired) electrons. The van der Waals surface area contributed by atoms with E-state index in [0.717, 1.165) is 29.3 Å². The van der Waals surface area contributed by atoms with Crippen molar-refractivity contribution in [1.29, 1.82) is 0 Å². The van der Waals surface area contributed by atoms with Gasteiger partial charge in [0, 0.05) is 22.9 Å². The van der Waals surface area contributed by atoms with Gasteiger partial charge in [0.05, 0.1) is 5.69 Å². The fourth-order valence-corrected chi connectivity index (χ4v) is 3.52. The third-order valence-electron chi connectivity index (χ3n) is 4.68. The summed E-state index contributed by atoms with van der Waals surface area (Å²) in [7, 11) is 0. The van der Waals surface area contributed by atoms with Crippen LogP contribution >= 0.6 is 0 Å². The summed E-state index contributed by atoms with van der Waals surface area (Å²) in [5.41, 5.74) is 12.2. The van der Waals surface area contributed by atoms with Crippen LogP contribution in [0.25, 0.3) is 12.2 Å². The Bertz CT molecular complexity index is 577. The van der Waals surface area contributed by atoms with E-state index in [4.69, 9.17) is 10.7 Å². The molecule has 4 aliphatic rings. The minimum absolute atomic E-state index is 0.462. The van der Waals surface area contributed by atoms with Gasteiger partial charge in [0.1, 0.15) is 0 Å². The van der Waals surface area contributed by atoms with E-state index in [2.05, 4.69) is 31.2 Å². The third kappa shape index (κ3) is 1.32. The average molecular weight is 238 g/mol. The molecular weight excluding hydrogens is 220 g/mol. The summed E-state index contributed by atoms with van der Waals surface area (Å²) in [4.78, 5) is 4.91. The van der Waals surface area contributed by atoms with Crippen molar-refractivity contribution in [2.24, 2.45) is 11.8 Å². The first-order chi connectivity index (χ1) is 8.72. The average Bonchev–Trinajstić information content (AvgIpc) is 2.51. The van der Waals surface area contributed by atoms with Crippen LogP contribution in [0.4, 0.5) is 5.69 Å². The smallest absolute Gasteiger partial charge is 0.0723 e. The number of hydrogen-bond donors (Lipinski definition) is 1. The van der Waals surface area contributed by atoms with Crippen molar-refractivity contribution in [3.8, 4) is 0 Å². The van der Waals surface area contributed by atoms with Gasteiger partial charge in [-0.25, -0.2) is 0 Å². The second-order valence-corrected chi connectivity index (χ2v) is 6.00. The molecule has 0 spiro atoms. The van der Waals surface area contributed by atoms with E-state index < -0.39 is 0 Å². The Hall–Kier alpha value is -1.57. The van der Waals surface area contributed by atoms with Crippen LogP contribution in [-0.4, -0.2) is 4.98 Å². The van der Waals surface area contributed by atoms with Crippen LogP contribution in [-0.2, 0) is 6.42 Å². The molecule has 1 atom stereocenters. The lowest BCUT2D eigenvalue weighted by Crippen LogP contribution is -2.32. The summed E-state index contributed by atoms with van der Waals surface area (Å²) in [6, 6.07) is 0. The number of nitrogens with two attached hydrogens (primary N) is 1. The quantitative estimate of drug-likeness (QED) is 0.752. The SMILES string of the molecule is CC1C=Cc2nc3c(c(N)c2C=C1)CC1CC3C1. The standard InChI is InChI=1S/C16H18N2/c1-9-2-4-12-14(5-3-9)18-16-11-6-10(7-11)8-13(16)15(12)17/h2-5,9-11H,6-8H2,1H3,(H2,17,18). The maximum absolute atomic E-state index is 6.40. The molecule has 0 aromatic carbocycles. The lowest BCUT2D eigenvalue weighted by molar-refractivity contribution is 0.232. The van der Waals surface area contributed by atoms with Crippen LogP contribution in [0, 0.1) is 11.8 Å². The molecule has 1 unspecified atom stereocenters. The largest absolute Gasteiger partial charge is 0.398 e. The van der Waals surface area contributed by atoms with Crippen LogP contribution in [0.3, 0.4) is 0 Å². The monoisotopic (exact) mass is 238 g/mol. The van der Waals surface area contributed by atoms with E-state index in [1.807, 2.05) is 0 Å². The summed E-state index contributed by atoms with van der Waals surface area (Å²) in [6.45, 7) is 2.19. The van der Waals surface area contributed by atoms with Crippen LogP contribution in [0.1, 0.15) is 48.2 Å². The maximum atomic E-state index is 6.40. The highest BCUT2D eigenvalue weighted by Gasteiger charge is 2.39. The number of pyridine rings is 1. The molecule has 2 bridgehead atoms. The van der Waals surface area contributed by atoms with Crippen molar-refractivity contribution in [2.45, 2.75) is 32.1 Å². The summed E-state index contributed by atoms with van der Waals surface area (Å²) in [6.07, 6.45) is 12.5. The van der Waals surface area contributed by atoms with Crippen molar-refractivity contribution in [2.75, 3.05) is 5.73 Å². The minimum atomic E-state index is 0.462. The highest BCUT2D eigenvalue weighted by atomic mass is 14.8. The molecule has 0 amide bonds. The number of aromatic nitrogens is 1. The summed E-state index contributed by atoms with van der Waals surface area (Å²) in [5, 5.41) is 0. The molecule has 4 aliphatic carbocycles. The molecule has 0 aliphatic heterocycles. The van der Waals surface area contributed by atoms with E-state index in [1.54, 1.807) is 0 Å². The number of nitrogen functional groups attached to an aromatic ring is 1. The predicted molar refractivity (Wildman–Crippen MR) is 75.1 cm³/mol. The highest BCUT2D eigenvalue weighted by molar-refractivity contribution is 5.77. The Morgan fingerprint density at radius 2 is 2.00 bits per heavy atom. The zero-order valence-corrected chi connectivity index (χ0v) is 10.7. The Balaban J connectivity index is 1.94. The van der Waals surface area contributed by atoms with Gasteiger partial charge >= 0.3 is 0 Å². The van der Waals surface area contributed by atoms with Crippen molar-refractivity contribution in [3.05, 3.63) is 34.7 Å². The lowest BCUT2D eigenvalue weighted by Gasteiger charge is -2.42. The van der Waals surface area contributed by atoms with Crippen molar-refractivity contribution < 1.29 is 0 Å². The maximum Gasteiger partial charge on any atom is 0.0723 e. The van der Waals surface area contributed by atoms with Crippen LogP contribution in [0.15, 0.2) is 12.2 Å². The predicted octanol–water partition coefficient (Wildman–Crippen LogP) is 3.39. The molecule has 1 saturated carbocycles. The number of anilines is 1. The first-order valence-corrected chi connectivity index (χ1v) is 6.91. The normalized spacial score (nSPS) is 31.3. The molecule has 1 aromatic heterocycles. The number of fused-ring (bicyclic) bond motifs is 1. The van der Waals surface area contributed by atoms with Crippen LogP contribution in [0.2, 0.25) is 0 Å². The van der Waals surface area contributed by atoms with E-state index in [9.17, 15) is 0 Å². The van der Waals surface area contributed by atoms with Gasteiger partial charge in [-0.15, -0.1) is 0 Å². The van der Waals surface area contributed by atoms with Crippen molar-refractivity contribution >= 4 is 17.8 Å². The first kappa shape index (κ1) is 10.4. The van der Waals surface area contributed by atoms with Crippen molar-refractivity contribution in [3.63, 3.8) is 0 Å². The Morgan fingerprint density at radius 1 is 1.22 bits per heavy atom. The van der Waals surface area contributed by atoms with E-state index in [-0.39, 0.29) is 0 Å². The summed E-state index contributed by atoms with van der Waals surface area (Å²) >= 11 is 0. The van der Waals surface area contributed by atoms with Gasteiger partial charge < -0.3 is 5.73 Å². The number of hydrogen-bond acceptors (Lipinski definition) is 2. The Labute approximate surface area is 108 Å². The van der Waals surface area contributed by atoms with E-state index in [1.165, 1.54) is 24.1 Å². The van der Waals surface area contributed by atoms with Crippen LogP contribution in [0.5, 0.6) is 0 Å². The van der Waals surface area contributed by atoms with Gasteiger partial charge in [-0.2, -0.15) is 0 Å². The van der Waals surface area contributed by atoms with Gasteiger partial charge in [0.25, 0.3) is 0 Å². The molecule has 1 fully saturated rings. The fraction of sp³-hybridized carbons (Fsp3) is 0.438. The Morgan fingerprint density at radius 3 is 2.83 bits per heavy atom. The molecule has 2 heteroatoms. The van der Waals surface area contributed by atoms with E-state index in [0.29, 0.717) is 11.8 Å². The number of allylic oxidation sites excluding steroid dienone is 2. The lowest BCUT2D eigenvalue weighted by atomic mass is 9.64. The molecule has 5 rings (SSSR count). The second-order valence-electron chi connectivity index (χ2n) is 6.00. The van der Waals surface area contributed by atoms with Gasteiger partial charge in [-0.05, 0) is 42.7 Å². The number of rotatable bonds is 0.